The molecular formula is C13H19ClF2N2. The van der Waals surface area contributed by atoms with Crippen LogP contribution in [-0.2, 0) is 0 Å². The summed E-state index contributed by atoms with van der Waals surface area (Å²) in [6.07, 6.45) is 1.04. The topological polar surface area (TPSA) is 29.3 Å². The molecule has 0 amide bonds. The zero-order valence-corrected chi connectivity index (χ0v) is 11.2. The molecule has 1 aromatic carbocycles. The highest BCUT2D eigenvalue weighted by Crippen LogP contribution is 2.28. The van der Waals surface area contributed by atoms with E-state index in [-0.39, 0.29) is 30.1 Å². The van der Waals surface area contributed by atoms with Crippen molar-refractivity contribution in [3.05, 3.63) is 35.4 Å². The van der Waals surface area contributed by atoms with E-state index in [9.17, 15) is 8.78 Å². The Morgan fingerprint density at radius 2 is 2.17 bits per heavy atom. The summed E-state index contributed by atoms with van der Waals surface area (Å²) in [4.78, 5) is 2.16. The first kappa shape index (κ1) is 15.3. The Bertz CT molecular complexity index is 401. The van der Waals surface area contributed by atoms with Crippen LogP contribution in [0.2, 0.25) is 0 Å². The van der Waals surface area contributed by atoms with Gasteiger partial charge in [-0.3, -0.25) is 4.90 Å². The lowest BCUT2D eigenvalue weighted by Gasteiger charge is -2.25. The third-order valence-electron chi connectivity index (χ3n) is 3.61. The third kappa shape index (κ3) is 3.19. The summed E-state index contributed by atoms with van der Waals surface area (Å²) in [5.74, 6) is -0.244. The molecule has 0 radical (unpaired) electrons. The first-order chi connectivity index (χ1) is 8.11. The van der Waals surface area contributed by atoms with Gasteiger partial charge in [-0.2, -0.15) is 0 Å². The molecule has 1 fully saturated rings. The first-order valence-electron chi connectivity index (χ1n) is 6.01. The lowest BCUT2D eigenvalue weighted by atomic mass is 10.1. The van der Waals surface area contributed by atoms with Gasteiger partial charge in [-0.05, 0) is 50.6 Å². The van der Waals surface area contributed by atoms with E-state index >= 15 is 0 Å². The fourth-order valence-electron chi connectivity index (χ4n) is 2.44. The molecule has 0 aliphatic carbocycles. The number of hydrogen-bond acceptors (Lipinski definition) is 2. The molecule has 2 nitrogen and oxygen atoms in total. The van der Waals surface area contributed by atoms with Crippen LogP contribution in [0.15, 0.2) is 18.2 Å². The number of likely N-dealkylation sites (tertiary alicyclic amines) is 1. The standard InChI is InChI=1S/C13H18F2N2.ClH/c1-9(17-5-4-10(7-16)8-17)12-6-11(14)2-3-13(12)15;/h2-3,6,9-10H,4-5,7-8,16H2,1H3;1H. The van der Waals surface area contributed by atoms with Crippen LogP contribution in [-0.4, -0.2) is 24.5 Å². The zero-order valence-electron chi connectivity index (χ0n) is 10.4. The van der Waals surface area contributed by atoms with Crippen LogP contribution in [0.25, 0.3) is 0 Å². The van der Waals surface area contributed by atoms with Crippen molar-refractivity contribution in [2.24, 2.45) is 11.7 Å². The number of rotatable bonds is 3. The minimum absolute atomic E-state index is 0. The maximum atomic E-state index is 13.6. The van der Waals surface area contributed by atoms with E-state index in [0.717, 1.165) is 25.6 Å². The molecule has 5 heteroatoms. The lowest BCUT2D eigenvalue weighted by Crippen LogP contribution is -2.26. The molecule has 2 unspecified atom stereocenters. The van der Waals surface area contributed by atoms with Crippen LogP contribution in [0.1, 0.15) is 24.9 Å². The molecule has 0 bridgehead atoms. The quantitative estimate of drug-likeness (QED) is 0.920. The molecule has 102 valence electrons. The summed E-state index contributed by atoms with van der Waals surface area (Å²) in [5, 5.41) is 0. The van der Waals surface area contributed by atoms with E-state index < -0.39 is 0 Å². The van der Waals surface area contributed by atoms with Gasteiger partial charge in [0, 0.05) is 18.2 Å². The van der Waals surface area contributed by atoms with Gasteiger partial charge in [0.15, 0.2) is 0 Å². The van der Waals surface area contributed by atoms with Gasteiger partial charge in [-0.25, -0.2) is 8.78 Å². The van der Waals surface area contributed by atoms with Gasteiger partial charge in [0.2, 0.25) is 0 Å². The Kier molecular flexibility index (Phi) is 5.50. The monoisotopic (exact) mass is 276 g/mol. The SMILES string of the molecule is CC(c1cc(F)ccc1F)N1CCC(CN)C1.Cl. The second kappa shape index (κ2) is 6.45. The van der Waals surface area contributed by atoms with E-state index in [1.165, 1.54) is 12.1 Å². The smallest absolute Gasteiger partial charge is 0.128 e. The molecule has 2 atom stereocenters. The Morgan fingerprint density at radius 3 is 2.78 bits per heavy atom. The van der Waals surface area contributed by atoms with Crippen LogP contribution >= 0.6 is 12.4 Å². The van der Waals surface area contributed by atoms with Gasteiger partial charge in [0.25, 0.3) is 0 Å². The average molecular weight is 277 g/mol. The van der Waals surface area contributed by atoms with E-state index in [0.29, 0.717) is 18.0 Å². The van der Waals surface area contributed by atoms with Crippen molar-refractivity contribution in [1.82, 2.24) is 4.90 Å². The van der Waals surface area contributed by atoms with Crippen molar-refractivity contribution in [2.45, 2.75) is 19.4 Å². The predicted molar refractivity (Wildman–Crippen MR) is 70.8 cm³/mol. The molecule has 1 aliphatic heterocycles. The molecule has 1 aromatic rings. The summed E-state index contributed by atoms with van der Waals surface area (Å²) >= 11 is 0. The minimum Gasteiger partial charge on any atom is -0.330 e. The van der Waals surface area contributed by atoms with Crippen LogP contribution < -0.4 is 5.73 Å². The molecule has 1 saturated heterocycles. The molecule has 1 aliphatic rings. The maximum Gasteiger partial charge on any atom is 0.128 e. The largest absolute Gasteiger partial charge is 0.330 e. The molecule has 0 saturated carbocycles. The molecule has 0 spiro atoms. The second-order valence-corrected chi connectivity index (χ2v) is 4.73. The van der Waals surface area contributed by atoms with Crippen molar-refractivity contribution in [3.63, 3.8) is 0 Å². The van der Waals surface area contributed by atoms with E-state index in [4.69, 9.17) is 5.73 Å². The molecular weight excluding hydrogens is 258 g/mol. The highest BCUT2D eigenvalue weighted by atomic mass is 35.5. The molecule has 0 aromatic heterocycles. The fraction of sp³-hybridized carbons (Fsp3) is 0.538. The second-order valence-electron chi connectivity index (χ2n) is 4.73. The van der Waals surface area contributed by atoms with E-state index in [1.807, 2.05) is 6.92 Å². The van der Waals surface area contributed by atoms with Gasteiger partial charge in [-0.1, -0.05) is 0 Å². The molecule has 1 heterocycles. The van der Waals surface area contributed by atoms with Crippen molar-refractivity contribution in [3.8, 4) is 0 Å². The predicted octanol–water partition coefficient (Wildman–Crippen LogP) is 2.73. The van der Waals surface area contributed by atoms with Crippen molar-refractivity contribution in [1.29, 1.82) is 0 Å². The van der Waals surface area contributed by atoms with Crippen LogP contribution in [0, 0.1) is 17.6 Å². The zero-order chi connectivity index (χ0) is 12.4. The maximum absolute atomic E-state index is 13.6. The first-order valence-corrected chi connectivity index (χ1v) is 6.01. The Hall–Kier alpha value is -0.710. The number of halogens is 3. The Balaban J connectivity index is 0.00000162. The van der Waals surface area contributed by atoms with Crippen molar-refractivity contribution in [2.75, 3.05) is 19.6 Å². The Labute approximate surface area is 113 Å². The van der Waals surface area contributed by atoms with Crippen LogP contribution in [0.3, 0.4) is 0 Å². The average Bonchev–Trinajstić information content (AvgIpc) is 2.80. The molecule has 18 heavy (non-hydrogen) atoms. The third-order valence-corrected chi connectivity index (χ3v) is 3.61. The molecule has 2 N–H and O–H groups in total. The highest BCUT2D eigenvalue weighted by molar-refractivity contribution is 5.85. The summed E-state index contributed by atoms with van der Waals surface area (Å²) in [6, 6.07) is 3.54. The van der Waals surface area contributed by atoms with Crippen LogP contribution in [0.4, 0.5) is 8.78 Å². The minimum atomic E-state index is -0.386. The van der Waals surface area contributed by atoms with Crippen LogP contribution in [0.5, 0.6) is 0 Å². The number of hydrogen-bond donors (Lipinski definition) is 1. The van der Waals surface area contributed by atoms with Gasteiger partial charge in [0.05, 0.1) is 0 Å². The van der Waals surface area contributed by atoms with Gasteiger partial charge in [-0.15, -0.1) is 12.4 Å². The van der Waals surface area contributed by atoms with Gasteiger partial charge < -0.3 is 5.73 Å². The van der Waals surface area contributed by atoms with E-state index in [1.54, 1.807) is 0 Å². The van der Waals surface area contributed by atoms with Crippen molar-refractivity contribution < 1.29 is 8.78 Å². The summed E-state index contributed by atoms with van der Waals surface area (Å²) in [6.45, 7) is 4.35. The number of nitrogens with two attached hydrogens (primary N) is 1. The lowest BCUT2D eigenvalue weighted by molar-refractivity contribution is 0.248. The Morgan fingerprint density at radius 1 is 1.44 bits per heavy atom. The van der Waals surface area contributed by atoms with Gasteiger partial charge in [0.1, 0.15) is 11.6 Å². The highest BCUT2D eigenvalue weighted by Gasteiger charge is 2.27. The summed E-state index contributed by atoms with van der Waals surface area (Å²) in [5.41, 5.74) is 6.06. The van der Waals surface area contributed by atoms with E-state index in [2.05, 4.69) is 4.90 Å². The molecule has 2 rings (SSSR count). The summed E-state index contributed by atoms with van der Waals surface area (Å²) in [7, 11) is 0. The van der Waals surface area contributed by atoms with Gasteiger partial charge >= 0.3 is 0 Å². The number of nitrogens with zero attached hydrogens (tertiary/aromatic N) is 1. The van der Waals surface area contributed by atoms with Crippen molar-refractivity contribution >= 4 is 12.4 Å². The number of benzene rings is 1. The fourth-order valence-corrected chi connectivity index (χ4v) is 2.44. The summed E-state index contributed by atoms with van der Waals surface area (Å²) < 4.78 is 26.8. The normalized spacial score (nSPS) is 21.7.